The monoisotopic (exact) mass is 454 g/mol. The summed E-state index contributed by atoms with van der Waals surface area (Å²) in [5, 5.41) is 19.2. The number of nitrogens with one attached hydrogen (secondary N) is 2. The van der Waals surface area contributed by atoms with Crippen molar-refractivity contribution in [2.24, 2.45) is 0 Å². The van der Waals surface area contributed by atoms with Crippen LogP contribution in [0, 0.1) is 0 Å². The van der Waals surface area contributed by atoms with Crippen LogP contribution in [0.25, 0.3) is 27.7 Å². The number of aromatic amines is 2. The number of H-pyrrole nitrogens is 2. The van der Waals surface area contributed by atoms with E-state index in [9.17, 15) is 4.79 Å². The molecule has 6 heterocycles. The van der Waals surface area contributed by atoms with E-state index in [1.165, 1.54) is 6.33 Å². The van der Waals surface area contributed by atoms with Crippen LogP contribution in [0.1, 0.15) is 47.9 Å². The molecule has 2 aliphatic rings. The Bertz CT molecular complexity index is 1520. The molecule has 2 saturated heterocycles. The molecule has 7 rings (SSSR count). The summed E-state index contributed by atoms with van der Waals surface area (Å²) >= 11 is 0. The molecule has 11 heteroatoms. The van der Waals surface area contributed by atoms with Crippen LogP contribution in [0.2, 0.25) is 0 Å². The van der Waals surface area contributed by atoms with Gasteiger partial charge >= 0.3 is 0 Å². The zero-order valence-electron chi connectivity index (χ0n) is 18.2. The third-order valence-corrected chi connectivity index (χ3v) is 7.28. The Hall–Kier alpha value is -4.28. The number of amides is 1. The number of anilines is 1. The summed E-state index contributed by atoms with van der Waals surface area (Å²) in [6.07, 6.45) is 8.66. The van der Waals surface area contributed by atoms with Crippen LogP contribution in [-0.4, -0.2) is 62.9 Å². The summed E-state index contributed by atoms with van der Waals surface area (Å²) < 4.78 is 1.69. The third-order valence-electron chi connectivity index (χ3n) is 7.28. The number of aromatic nitrogens is 8. The lowest BCUT2D eigenvalue weighted by Crippen LogP contribution is -2.46. The lowest BCUT2D eigenvalue weighted by molar-refractivity contribution is 0.0557. The number of nitrogens with two attached hydrogens (primary N) is 1. The van der Waals surface area contributed by atoms with Crippen LogP contribution in [0.3, 0.4) is 0 Å². The van der Waals surface area contributed by atoms with E-state index < -0.39 is 0 Å². The van der Waals surface area contributed by atoms with Gasteiger partial charge in [0.15, 0.2) is 5.65 Å². The SMILES string of the molecule is Nc1cc(C2C[C@H]3CC[C@@H](C2)N3C(=O)c2ncn[nH]2)nc2c(-c3ccc4cn[nH]c4c3)cnn12. The van der Waals surface area contributed by atoms with Crippen LogP contribution >= 0.6 is 0 Å². The maximum atomic E-state index is 13.0. The number of nitrogens with zero attached hydrogens (tertiary/aromatic N) is 7. The summed E-state index contributed by atoms with van der Waals surface area (Å²) in [5.74, 6) is 1.01. The number of carbonyl (C=O) groups excluding carboxylic acids is 1. The maximum Gasteiger partial charge on any atom is 0.291 e. The van der Waals surface area contributed by atoms with Crippen LogP contribution in [0.4, 0.5) is 5.82 Å². The predicted molar refractivity (Wildman–Crippen MR) is 124 cm³/mol. The topological polar surface area (TPSA) is 147 Å². The van der Waals surface area contributed by atoms with E-state index in [1.807, 2.05) is 29.3 Å². The van der Waals surface area contributed by atoms with Gasteiger partial charge in [0.25, 0.3) is 5.91 Å². The molecule has 4 aromatic heterocycles. The van der Waals surface area contributed by atoms with Crippen molar-refractivity contribution in [2.75, 3.05) is 5.73 Å². The maximum absolute atomic E-state index is 13.0. The van der Waals surface area contributed by atoms with Crippen molar-refractivity contribution in [1.29, 1.82) is 0 Å². The Morgan fingerprint density at radius 1 is 1.06 bits per heavy atom. The highest BCUT2D eigenvalue weighted by Crippen LogP contribution is 2.43. The lowest BCUT2D eigenvalue weighted by atomic mass is 9.87. The summed E-state index contributed by atoms with van der Waals surface area (Å²) in [7, 11) is 0. The Labute approximate surface area is 193 Å². The van der Waals surface area contributed by atoms with Crippen LogP contribution in [0.15, 0.2) is 43.0 Å². The van der Waals surface area contributed by atoms with Crippen molar-refractivity contribution < 1.29 is 4.79 Å². The molecule has 1 amide bonds. The fraction of sp³-hybridized carbons (Fsp3) is 0.304. The Morgan fingerprint density at radius 3 is 2.71 bits per heavy atom. The van der Waals surface area contributed by atoms with Gasteiger partial charge in [-0.3, -0.25) is 15.0 Å². The number of piperidine rings is 1. The Balaban J connectivity index is 1.23. The van der Waals surface area contributed by atoms with Crippen LogP contribution in [0.5, 0.6) is 0 Å². The second-order valence-corrected chi connectivity index (χ2v) is 9.17. The first-order chi connectivity index (χ1) is 16.7. The highest BCUT2D eigenvalue weighted by molar-refractivity contribution is 5.91. The first-order valence-corrected chi connectivity index (χ1v) is 11.4. The average Bonchev–Trinajstić information content (AvgIpc) is 3.64. The normalized spacial score (nSPS) is 22.1. The van der Waals surface area contributed by atoms with Gasteiger partial charge in [-0.2, -0.15) is 19.8 Å². The zero-order chi connectivity index (χ0) is 22.8. The highest BCUT2D eigenvalue weighted by atomic mass is 16.2. The minimum absolute atomic E-state index is 0.0707. The molecule has 0 radical (unpaired) electrons. The smallest absolute Gasteiger partial charge is 0.291 e. The van der Waals surface area contributed by atoms with Crippen molar-refractivity contribution in [3.8, 4) is 11.1 Å². The van der Waals surface area contributed by atoms with Gasteiger partial charge in [0.05, 0.1) is 17.9 Å². The van der Waals surface area contributed by atoms with Gasteiger partial charge in [-0.15, -0.1) is 0 Å². The number of carbonyl (C=O) groups is 1. The molecule has 2 aliphatic heterocycles. The van der Waals surface area contributed by atoms with Crippen molar-refractivity contribution in [3.05, 3.63) is 54.5 Å². The predicted octanol–water partition coefficient (Wildman–Crippen LogP) is 2.52. The Kier molecular flexibility index (Phi) is 4.02. The molecule has 0 spiro atoms. The fourth-order valence-corrected chi connectivity index (χ4v) is 5.70. The molecule has 0 saturated carbocycles. The molecular formula is C23H22N10O. The molecule has 0 aliphatic carbocycles. The van der Waals surface area contributed by atoms with Gasteiger partial charge in [-0.25, -0.2) is 9.97 Å². The van der Waals surface area contributed by atoms with Gasteiger partial charge < -0.3 is 10.6 Å². The summed E-state index contributed by atoms with van der Waals surface area (Å²) in [5.41, 5.74) is 11.0. The molecule has 3 atom stereocenters. The van der Waals surface area contributed by atoms with Gasteiger partial charge in [0.2, 0.25) is 5.82 Å². The van der Waals surface area contributed by atoms with Crippen molar-refractivity contribution in [1.82, 2.24) is 44.9 Å². The average molecular weight is 454 g/mol. The summed E-state index contributed by atoms with van der Waals surface area (Å²) in [6.45, 7) is 0. The molecule has 4 N–H and O–H groups in total. The quantitative estimate of drug-likeness (QED) is 0.379. The molecule has 5 aromatic rings. The number of benzene rings is 1. The number of nitrogen functional groups attached to an aromatic ring is 1. The molecule has 11 nitrogen and oxygen atoms in total. The molecule has 1 unspecified atom stereocenters. The van der Waals surface area contributed by atoms with E-state index in [4.69, 9.17) is 10.7 Å². The largest absolute Gasteiger partial charge is 0.384 e. The van der Waals surface area contributed by atoms with Crippen molar-refractivity contribution in [3.63, 3.8) is 0 Å². The summed E-state index contributed by atoms with van der Waals surface area (Å²) in [6, 6.07) is 8.38. The summed E-state index contributed by atoms with van der Waals surface area (Å²) in [4.78, 5) is 24.1. The van der Waals surface area contributed by atoms with Crippen LogP contribution in [-0.2, 0) is 0 Å². The van der Waals surface area contributed by atoms with E-state index in [-0.39, 0.29) is 23.9 Å². The van der Waals surface area contributed by atoms with Crippen molar-refractivity contribution in [2.45, 2.75) is 43.7 Å². The second kappa shape index (κ2) is 7.11. The van der Waals surface area contributed by atoms with Gasteiger partial charge in [0.1, 0.15) is 12.1 Å². The number of rotatable bonds is 3. The fourth-order valence-electron chi connectivity index (χ4n) is 5.70. The van der Waals surface area contributed by atoms with Crippen molar-refractivity contribution >= 4 is 28.3 Å². The van der Waals surface area contributed by atoms with Gasteiger partial charge in [0, 0.05) is 40.7 Å². The number of hydrogen-bond donors (Lipinski definition) is 3. The van der Waals surface area contributed by atoms with E-state index in [0.717, 1.165) is 59.1 Å². The lowest BCUT2D eigenvalue weighted by Gasteiger charge is -2.38. The van der Waals surface area contributed by atoms with Crippen LogP contribution < -0.4 is 5.73 Å². The molecule has 170 valence electrons. The first-order valence-electron chi connectivity index (χ1n) is 11.4. The standard InChI is InChI=1S/C23H22N10O/c24-20-8-18(14-5-15-3-4-16(6-14)32(15)23(34)21-25-11-27-31-21)29-22-17(10-28-33(20)22)12-1-2-13-9-26-30-19(13)7-12/h1-2,7-11,14-16H,3-6,24H2,(H,26,30)(H,25,27,31)/t14?,15-,16+. The van der Waals surface area contributed by atoms with E-state index >= 15 is 0 Å². The third kappa shape index (κ3) is 2.82. The molecule has 2 fully saturated rings. The molecule has 1 aromatic carbocycles. The zero-order valence-corrected chi connectivity index (χ0v) is 18.2. The van der Waals surface area contributed by atoms with E-state index in [1.54, 1.807) is 10.7 Å². The minimum Gasteiger partial charge on any atom is -0.384 e. The van der Waals surface area contributed by atoms with Gasteiger partial charge in [-0.05, 0) is 37.3 Å². The molecular weight excluding hydrogens is 432 g/mol. The molecule has 34 heavy (non-hydrogen) atoms. The van der Waals surface area contributed by atoms with E-state index in [2.05, 4.69) is 36.5 Å². The Morgan fingerprint density at radius 2 is 1.91 bits per heavy atom. The van der Waals surface area contributed by atoms with E-state index in [0.29, 0.717) is 11.6 Å². The van der Waals surface area contributed by atoms with Gasteiger partial charge in [-0.1, -0.05) is 12.1 Å². The molecule has 2 bridgehead atoms. The first kappa shape index (κ1) is 19.2. The number of fused-ring (bicyclic) bond motifs is 4. The highest BCUT2D eigenvalue weighted by Gasteiger charge is 2.45. The second-order valence-electron chi connectivity index (χ2n) is 9.17. The minimum atomic E-state index is -0.0707. The number of hydrogen-bond acceptors (Lipinski definition) is 7.